The summed E-state index contributed by atoms with van der Waals surface area (Å²) in [7, 11) is 0. The van der Waals surface area contributed by atoms with Gasteiger partial charge < -0.3 is 15.4 Å². The normalized spacial score (nSPS) is 18.3. The van der Waals surface area contributed by atoms with Gasteiger partial charge in [-0.25, -0.2) is 4.98 Å². The number of nitrogens with zero attached hydrogens (tertiary/aromatic N) is 2. The van der Waals surface area contributed by atoms with Gasteiger partial charge in [0.05, 0.1) is 12.2 Å². The summed E-state index contributed by atoms with van der Waals surface area (Å²) in [6, 6.07) is 16.0. The lowest BCUT2D eigenvalue weighted by Crippen LogP contribution is -2.41. The molecular formula is C26H29N4O4S+. The lowest BCUT2D eigenvalue weighted by Gasteiger charge is -2.28. The molecule has 0 radical (unpaired) electrons. The van der Waals surface area contributed by atoms with Gasteiger partial charge in [-0.15, -0.1) is 0 Å². The van der Waals surface area contributed by atoms with Gasteiger partial charge in [0, 0.05) is 36.5 Å². The van der Waals surface area contributed by atoms with Crippen LogP contribution in [-0.2, 0) is 22.5 Å². The van der Waals surface area contributed by atoms with Gasteiger partial charge in [0.15, 0.2) is 16.1 Å². The Morgan fingerprint density at radius 3 is 2.43 bits per heavy atom. The molecule has 3 aromatic rings. The van der Waals surface area contributed by atoms with E-state index in [0.29, 0.717) is 30.7 Å². The molecule has 2 aromatic heterocycles. The Morgan fingerprint density at radius 1 is 1.00 bits per heavy atom. The lowest BCUT2D eigenvalue weighted by molar-refractivity contribution is -0.126. The molecule has 2 amide bonds. The van der Waals surface area contributed by atoms with Crippen molar-refractivity contribution in [3.63, 3.8) is 0 Å². The van der Waals surface area contributed by atoms with Gasteiger partial charge in [-0.2, -0.15) is 4.55 Å². The molecule has 4 rings (SSSR count). The summed E-state index contributed by atoms with van der Waals surface area (Å²) in [6.07, 6.45) is 7.89. The van der Waals surface area contributed by atoms with E-state index in [1.165, 1.54) is 0 Å². The molecule has 1 aromatic carbocycles. The zero-order valence-corrected chi connectivity index (χ0v) is 20.3. The van der Waals surface area contributed by atoms with Crippen LogP contribution in [0.2, 0.25) is 0 Å². The molecule has 1 atom stereocenters. The highest BCUT2D eigenvalue weighted by Crippen LogP contribution is 2.27. The first-order valence-corrected chi connectivity index (χ1v) is 13.1. The highest BCUT2D eigenvalue weighted by molar-refractivity contribution is 7.90. The molecule has 3 N–H and O–H groups in total. The Labute approximate surface area is 207 Å². The minimum absolute atomic E-state index is 0.0123. The van der Waals surface area contributed by atoms with Gasteiger partial charge >= 0.3 is 0 Å². The minimum atomic E-state index is -0.829. The van der Waals surface area contributed by atoms with E-state index in [2.05, 4.69) is 20.6 Å². The summed E-state index contributed by atoms with van der Waals surface area (Å²) in [6.45, 7) is 0.419. The van der Waals surface area contributed by atoms with Crippen molar-refractivity contribution in [3.05, 3.63) is 78.2 Å². The second kappa shape index (κ2) is 11.8. The van der Waals surface area contributed by atoms with E-state index >= 15 is 0 Å². The van der Waals surface area contributed by atoms with Crippen molar-refractivity contribution in [3.8, 4) is 11.6 Å². The zero-order chi connectivity index (χ0) is 24.6. The third-order valence-electron chi connectivity index (χ3n) is 6.00. The van der Waals surface area contributed by atoms with E-state index in [0.717, 1.165) is 23.4 Å². The summed E-state index contributed by atoms with van der Waals surface area (Å²) in [5.41, 5.74) is 1.18. The van der Waals surface area contributed by atoms with Crippen molar-refractivity contribution in [2.24, 2.45) is 5.92 Å². The predicted octanol–water partition coefficient (Wildman–Crippen LogP) is 3.95. The molecule has 0 saturated heterocycles. The Balaban J connectivity index is 1.29. The number of aromatic nitrogens is 2. The van der Waals surface area contributed by atoms with Crippen LogP contribution in [0.25, 0.3) is 0 Å². The number of carbonyl (C=O) groups is 2. The third kappa shape index (κ3) is 6.80. The summed E-state index contributed by atoms with van der Waals surface area (Å²) in [5.74, 6) is 0.474. The molecular weight excluding hydrogens is 464 g/mol. The van der Waals surface area contributed by atoms with Gasteiger partial charge in [0.25, 0.3) is 5.91 Å². The molecule has 1 unspecified atom stereocenters. The van der Waals surface area contributed by atoms with Gasteiger partial charge in [0.1, 0.15) is 17.6 Å². The van der Waals surface area contributed by atoms with Crippen LogP contribution in [-0.4, -0.2) is 38.6 Å². The van der Waals surface area contributed by atoms with E-state index < -0.39 is 11.2 Å². The van der Waals surface area contributed by atoms with Crippen molar-refractivity contribution < 1.29 is 18.9 Å². The number of benzene rings is 1. The standard InChI is InChI=1S/C26H28N4O4S/c1-35(33)22-13-11-21(12-14-22)34-26-23(6-4-16-28-26)25(32)30-19-9-7-18(8-10-19)24(31)29-17-20-5-2-3-15-27-20/h2-6,11-16,18-19,33H,7-10,17H2,1H3,(H-,29,30,31,32)/p+1. The quantitative estimate of drug-likeness (QED) is 0.410. The van der Waals surface area contributed by atoms with E-state index in [9.17, 15) is 14.1 Å². The van der Waals surface area contributed by atoms with Crippen LogP contribution in [0.4, 0.5) is 0 Å². The lowest BCUT2D eigenvalue weighted by atomic mass is 9.85. The van der Waals surface area contributed by atoms with Crippen molar-refractivity contribution >= 4 is 23.0 Å². The molecule has 0 aliphatic heterocycles. The fourth-order valence-electron chi connectivity index (χ4n) is 4.05. The van der Waals surface area contributed by atoms with Crippen molar-refractivity contribution in [1.82, 2.24) is 20.6 Å². The molecule has 1 saturated carbocycles. The molecule has 2 heterocycles. The monoisotopic (exact) mass is 493 g/mol. The largest absolute Gasteiger partial charge is 0.438 e. The summed E-state index contributed by atoms with van der Waals surface area (Å²) >= 11 is -0.829. The third-order valence-corrected chi connectivity index (χ3v) is 6.95. The summed E-state index contributed by atoms with van der Waals surface area (Å²) in [4.78, 5) is 34.8. The molecule has 0 spiro atoms. The van der Waals surface area contributed by atoms with Crippen molar-refractivity contribution in [1.29, 1.82) is 0 Å². The molecule has 9 heteroatoms. The number of ether oxygens (including phenoxy) is 1. The number of nitrogens with one attached hydrogen (secondary N) is 2. The van der Waals surface area contributed by atoms with Gasteiger partial charge in [-0.3, -0.25) is 14.6 Å². The topological polar surface area (TPSA) is 113 Å². The molecule has 8 nitrogen and oxygen atoms in total. The number of carbonyl (C=O) groups excluding carboxylic acids is 2. The Bertz CT molecular complexity index is 1130. The number of amides is 2. The molecule has 1 fully saturated rings. The first kappa shape index (κ1) is 24.7. The first-order chi connectivity index (χ1) is 17.0. The number of pyridine rings is 2. The van der Waals surface area contributed by atoms with Crippen LogP contribution in [0.3, 0.4) is 0 Å². The number of hydrogen-bond donors (Lipinski definition) is 3. The highest BCUT2D eigenvalue weighted by atomic mass is 32.2. The highest BCUT2D eigenvalue weighted by Gasteiger charge is 2.28. The average Bonchev–Trinajstić information content (AvgIpc) is 2.89. The van der Waals surface area contributed by atoms with E-state index in [-0.39, 0.29) is 29.7 Å². The SMILES string of the molecule is C[S+](O)c1ccc(Oc2ncccc2C(=O)NC2CCC(C(=O)NCc3ccccn3)CC2)cc1. The maximum Gasteiger partial charge on any atom is 0.257 e. The van der Waals surface area contributed by atoms with Crippen LogP contribution in [0.5, 0.6) is 11.6 Å². The van der Waals surface area contributed by atoms with Crippen LogP contribution in [0.15, 0.2) is 71.9 Å². The fraction of sp³-hybridized carbons (Fsp3) is 0.308. The van der Waals surface area contributed by atoms with Gasteiger partial charge in [0.2, 0.25) is 11.8 Å². The van der Waals surface area contributed by atoms with Crippen LogP contribution >= 0.6 is 0 Å². The van der Waals surface area contributed by atoms with E-state index in [1.807, 2.05) is 18.2 Å². The Hall–Kier alpha value is -3.43. The second-order valence-electron chi connectivity index (χ2n) is 8.47. The molecule has 35 heavy (non-hydrogen) atoms. The molecule has 182 valence electrons. The Kier molecular flexibility index (Phi) is 8.33. The first-order valence-electron chi connectivity index (χ1n) is 11.6. The van der Waals surface area contributed by atoms with Gasteiger partial charge in [-0.1, -0.05) is 6.07 Å². The van der Waals surface area contributed by atoms with Gasteiger partial charge in [-0.05, 0) is 62.1 Å². The van der Waals surface area contributed by atoms with Crippen molar-refractivity contribution in [2.45, 2.75) is 43.2 Å². The van der Waals surface area contributed by atoms with E-state index in [4.69, 9.17) is 4.74 Å². The summed E-state index contributed by atoms with van der Waals surface area (Å²) in [5, 5.41) is 6.03. The van der Waals surface area contributed by atoms with Crippen LogP contribution < -0.4 is 15.4 Å². The predicted molar refractivity (Wildman–Crippen MR) is 134 cm³/mol. The molecule has 0 bridgehead atoms. The maximum absolute atomic E-state index is 13.0. The maximum atomic E-state index is 13.0. The van der Waals surface area contributed by atoms with Crippen molar-refractivity contribution in [2.75, 3.05) is 6.26 Å². The number of rotatable bonds is 8. The summed E-state index contributed by atoms with van der Waals surface area (Å²) < 4.78 is 15.6. The second-order valence-corrected chi connectivity index (χ2v) is 9.90. The fourth-order valence-corrected chi connectivity index (χ4v) is 4.58. The zero-order valence-electron chi connectivity index (χ0n) is 19.5. The van der Waals surface area contributed by atoms with Crippen LogP contribution in [0, 0.1) is 5.92 Å². The average molecular weight is 494 g/mol. The smallest absolute Gasteiger partial charge is 0.257 e. The Morgan fingerprint density at radius 2 is 1.74 bits per heavy atom. The number of hydrogen-bond acceptors (Lipinski definition) is 6. The minimum Gasteiger partial charge on any atom is -0.438 e. The van der Waals surface area contributed by atoms with Crippen LogP contribution in [0.1, 0.15) is 41.7 Å². The van der Waals surface area contributed by atoms with E-state index in [1.54, 1.807) is 55.0 Å². The molecule has 1 aliphatic carbocycles. The molecule has 1 aliphatic rings.